The van der Waals surface area contributed by atoms with Crippen LogP contribution >= 0.6 is 0 Å². The Morgan fingerprint density at radius 3 is 2.53 bits per heavy atom. The van der Waals surface area contributed by atoms with Crippen LogP contribution in [0.25, 0.3) is 0 Å². The first-order valence-corrected chi connectivity index (χ1v) is 8.27. The van der Waals surface area contributed by atoms with Crippen LogP contribution in [-0.2, 0) is 19.6 Å². The predicted octanol–water partition coefficient (Wildman–Crippen LogP) is 0.410. The quantitative estimate of drug-likeness (QED) is 0.692. The highest BCUT2D eigenvalue weighted by atomic mass is 32.2. The van der Waals surface area contributed by atoms with E-state index in [2.05, 4.69) is 16.4 Å². The van der Waals surface area contributed by atoms with Gasteiger partial charge < -0.3 is 9.84 Å². The third kappa shape index (κ3) is 5.88. The topological polar surface area (TPSA) is 92.7 Å². The maximum absolute atomic E-state index is 11.6. The Kier molecular flexibility index (Phi) is 5.76. The van der Waals surface area contributed by atoms with Gasteiger partial charge in [-0.15, -0.1) is 0 Å². The fourth-order valence-corrected chi connectivity index (χ4v) is 3.11. The summed E-state index contributed by atoms with van der Waals surface area (Å²) < 4.78 is 30.2. The van der Waals surface area contributed by atoms with Crippen molar-refractivity contribution in [2.75, 3.05) is 18.9 Å². The highest BCUT2D eigenvalue weighted by molar-refractivity contribution is 7.90. The average Bonchev–Trinajstić information content (AvgIpc) is 2.31. The number of rotatable bonds is 6. The third-order valence-corrected chi connectivity index (χ3v) is 4.64. The summed E-state index contributed by atoms with van der Waals surface area (Å²) >= 11 is 0. The van der Waals surface area contributed by atoms with Gasteiger partial charge in [0.05, 0.1) is 12.2 Å². The van der Waals surface area contributed by atoms with Crippen molar-refractivity contribution in [2.45, 2.75) is 45.1 Å². The van der Waals surface area contributed by atoms with Gasteiger partial charge in [0.2, 0.25) is 10.0 Å². The largest absolute Gasteiger partial charge is 0.465 e. The lowest BCUT2D eigenvalue weighted by Gasteiger charge is -2.34. The summed E-state index contributed by atoms with van der Waals surface area (Å²) in [6, 6.07) is 0. The van der Waals surface area contributed by atoms with Gasteiger partial charge in [-0.05, 0) is 38.5 Å². The van der Waals surface area contributed by atoms with Crippen molar-refractivity contribution in [2.24, 2.45) is 5.92 Å². The monoisotopic (exact) mass is 293 g/mol. The van der Waals surface area contributed by atoms with Gasteiger partial charge in [-0.3, -0.25) is 4.79 Å². The lowest BCUT2D eigenvalue weighted by atomic mass is 9.80. The minimum atomic E-state index is -3.74. The number of hydrogen-bond donors (Lipinski definition) is 2. The first-order chi connectivity index (χ1) is 8.76. The summed E-state index contributed by atoms with van der Waals surface area (Å²) in [7, 11) is -3.74. The molecule has 7 heteroatoms. The first-order valence-electron chi connectivity index (χ1n) is 6.62. The average molecular weight is 293 g/mol. The summed E-state index contributed by atoms with van der Waals surface area (Å²) in [5.74, 6) is -0.913. The van der Waals surface area contributed by atoms with E-state index in [4.69, 9.17) is 0 Å². The summed E-state index contributed by atoms with van der Waals surface area (Å²) in [6.45, 7) is 3.84. The van der Waals surface area contributed by atoms with E-state index in [1.54, 1.807) is 6.92 Å². The fraction of sp³-hybridized carbons (Fsp3) is 0.917. The molecule has 0 radical (unpaired) electrons. The molecule has 0 aromatic heterocycles. The maximum atomic E-state index is 11.6. The predicted molar refractivity (Wildman–Crippen MR) is 71.0 cm³/mol. The Morgan fingerprint density at radius 2 is 2.00 bits per heavy atom. The molecule has 0 amide bonds. The number of hydrogen-bond acceptors (Lipinski definition) is 5. The van der Waals surface area contributed by atoms with Gasteiger partial charge >= 0.3 is 5.97 Å². The second-order valence-electron chi connectivity index (χ2n) is 5.29. The molecule has 0 spiro atoms. The van der Waals surface area contributed by atoms with E-state index in [-0.39, 0.29) is 13.2 Å². The number of carbonyl (C=O) groups is 1. The van der Waals surface area contributed by atoms with Crippen LogP contribution in [0.5, 0.6) is 0 Å². The second kappa shape index (κ2) is 6.67. The molecule has 2 N–H and O–H groups in total. The van der Waals surface area contributed by atoms with E-state index in [0.29, 0.717) is 18.8 Å². The molecular weight excluding hydrogens is 270 g/mol. The highest BCUT2D eigenvalue weighted by Crippen LogP contribution is 2.31. The molecule has 1 aliphatic rings. The molecule has 0 heterocycles. The van der Waals surface area contributed by atoms with Crippen LogP contribution in [-0.4, -0.2) is 44.0 Å². The Labute approximate surface area is 114 Å². The van der Waals surface area contributed by atoms with E-state index in [0.717, 1.165) is 12.8 Å². The van der Waals surface area contributed by atoms with Gasteiger partial charge in [-0.25, -0.2) is 13.1 Å². The molecule has 1 saturated carbocycles. The van der Waals surface area contributed by atoms with E-state index < -0.39 is 27.3 Å². The minimum absolute atomic E-state index is 0.0402. The highest BCUT2D eigenvalue weighted by Gasteiger charge is 2.33. The number of carbonyl (C=O) groups excluding carboxylic acids is 1. The van der Waals surface area contributed by atoms with Gasteiger partial charge in [0, 0.05) is 6.54 Å². The number of ether oxygens (including phenoxy) is 1. The minimum Gasteiger partial charge on any atom is -0.465 e. The molecule has 0 unspecified atom stereocenters. The zero-order chi connectivity index (χ0) is 14.5. The van der Waals surface area contributed by atoms with E-state index in [9.17, 15) is 18.3 Å². The van der Waals surface area contributed by atoms with Crippen LogP contribution in [0.1, 0.15) is 39.5 Å². The SMILES string of the molecule is CCOC(=O)CS(=O)(=O)NCC1(O)CCC(C)CC1. The van der Waals surface area contributed by atoms with Gasteiger partial charge in [0.25, 0.3) is 0 Å². The van der Waals surface area contributed by atoms with Crippen molar-refractivity contribution in [1.82, 2.24) is 4.72 Å². The van der Waals surface area contributed by atoms with Crippen LogP contribution in [0.4, 0.5) is 0 Å². The molecule has 0 bridgehead atoms. The van der Waals surface area contributed by atoms with Crippen molar-refractivity contribution in [3.05, 3.63) is 0 Å². The van der Waals surface area contributed by atoms with Gasteiger partial charge in [-0.1, -0.05) is 6.92 Å². The van der Waals surface area contributed by atoms with Gasteiger partial charge in [0.1, 0.15) is 0 Å². The molecule has 0 aromatic rings. The molecule has 112 valence electrons. The first kappa shape index (κ1) is 16.4. The molecular formula is C12H23NO5S. The molecule has 1 fully saturated rings. The summed E-state index contributed by atoms with van der Waals surface area (Å²) in [6.07, 6.45) is 2.93. The normalized spacial score (nSPS) is 28.1. The van der Waals surface area contributed by atoms with Crippen molar-refractivity contribution in [3.63, 3.8) is 0 Å². The van der Waals surface area contributed by atoms with E-state index in [1.807, 2.05) is 0 Å². The lowest BCUT2D eigenvalue weighted by molar-refractivity contribution is -0.139. The Bertz CT molecular complexity index is 398. The molecule has 6 nitrogen and oxygen atoms in total. The molecule has 0 atom stereocenters. The van der Waals surface area contributed by atoms with Gasteiger partial charge in [0.15, 0.2) is 5.75 Å². The number of sulfonamides is 1. The van der Waals surface area contributed by atoms with Crippen molar-refractivity contribution in [1.29, 1.82) is 0 Å². The van der Waals surface area contributed by atoms with Crippen molar-refractivity contribution < 1.29 is 23.1 Å². The summed E-state index contributed by atoms with van der Waals surface area (Å²) in [4.78, 5) is 11.1. The lowest BCUT2D eigenvalue weighted by Crippen LogP contribution is -2.46. The molecule has 0 saturated heterocycles. The van der Waals surface area contributed by atoms with Crippen LogP contribution in [0.15, 0.2) is 0 Å². The molecule has 1 aliphatic carbocycles. The Balaban J connectivity index is 2.44. The van der Waals surface area contributed by atoms with Crippen molar-refractivity contribution in [3.8, 4) is 0 Å². The van der Waals surface area contributed by atoms with Gasteiger partial charge in [-0.2, -0.15) is 0 Å². The zero-order valence-corrected chi connectivity index (χ0v) is 12.3. The van der Waals surface area contributed by atoms with Crippen LogP contribution in [0, 0.1) is 5.92 Å². The summed E-state index contributed by atoms with van der Waals surface area (Å²) in [5, 5.41) is 10.2. The number of nitrogens with one attached hydrogen (secondary N) is 1. The van der Waals surface area contributed by atoms with Crippen LogP contribution in [0.2, 0.25) is 0 Å². The Morgan fingerprint density at radius 1 is 1.42 bits per heavy atom. The fourth-order valence-electron chi connectivity index (χ4n) is 2.13. The van der Waals surface area contributed by atoms with Crippen LogP contribution in [0.3, 0.4) is 0 Å². The number of esters is 1. The van der Waals surface area contributed by atoms with Crippen LogP contribution < -0.4 is 4.72 Å². The Hall–Kier alpha value is -0.660. The second-order valence-corrected chi connectivity index (χ2v) is 7.10. The molecule has 0 aromatic carbocycles. The summed E-state index contributed by atoms with van der Waals surface area (Å²) in [5.41, 5.74) is -0.992. The van der Waals surface area contributed by atoms with E-state index >= 15 is 0 Å². The maximum Gasteiger partial charge on any atom is 0.322 e. The smallest absolute Gasteiger partial charge is 0.322 e. The van der Waals surface area contributed by atoms with Crippen molar-refractivity contribution >= 4 is 16.0 Å². The molecule has 0 aliphatic heterocycles. The standard InChI is InChI=1S/C12H23NO5S/c1-3-18-11(14)8-19(16,17)13-9-12(15)6-4-10(2)5-7-12/h10,13,15H,3-9H2,1-2H3. The molecule has 19 heavy (non-hydrogen) atoms. The molecule has 1 rings (SSSR count). The number of aliphatic hydroxyl groups is 1. The zero-order valence-electron chi connectivity index (χ0n) is 11.5. The third-order valence-electron chi connectivity index (χ3n) is 3.44. The van der Waals surface area contributed by atoms with E-state index in [1.165, 1.54) is 0 Å².